The molecule has 0 fully saturated rings. The fourth-order valence-electron chi connectivity index (χ4n) is 2.46. The molecule has 6 heteroatoms. The highest BCUT2D eigenvalue weighted by Gasteiger charge is 2.43. The van der Waals surface area contributed by atoms with Crippen LogP contribution >= 0.6 is 0 Å². The summed E-state index contributed by atoms with van der Waals surface area (Å²) in [5, 5.41) is 0. The molecule has 2 rings (SSSR count). The predicted molar refractivity (Wildman–Crippen MR) is 83.9 cm³/mol. The highest BCUT2D eigenvalue weighted by atomic mass is 32.2. The minimum absolute atomic E-state index is 0.149. The molecule has 0 bridgehead atoms. The SMILES string of the molecule is CCOC(=O)[C@]1(NS(=O)(=O)c2ccc(C)cc2)CC=CCC1. The molecule has 1 aromatic rings. The van der Waals surface area contributed by atoms with Crippen LogP contribution in [0, 0.1) is 6.92 Å². The lowest BCUT2D eigenvalue weighted by Crippen LogP contribution is -2.55. The summed E-state index contributed by atoms with van der Waals surface area (Å²) in [4.78, 5) is 12.4. The molecule has 1 atom stereocenters. The number of sulfonamides is 1. The van der Waals surface area contributed by atoms with Gasteiger partial charge in [0.2, 0.25) is 10.0 Å². The molecule has 22 heavy (non-hydrogen) atoms. The Balaban J connectivity index is 2.32. The van der Waals surface area contributed by atoms with Gasteiger partial charge >= 0.3 is 5.97 Å². The smallest absolute Gasteiger partial charge is 0.327 e. The molecule has 0 saturated heterocycles. The van der Waals surface area contributed by atoms with Gasteiger partial charge in [-0.05, 0) is 45.2 Å². The van der Waals surface area contributed by atoms with Crippen LogP contribution < -0.4 is 4.72 Å². The van der Waals surface area contributed by atoms with Gasteiger partial charge in [0, 0.05) is 0 Å². The maximum absolute atomic E-state index is 12.6. The van der Waals surface area contributed by atoms with Crippen LogP contribution in [0.3, 0.4) is 0 Å². The van der Waals surface area contributed by atoms with Gasteiger partial charge in [-0.3, -0.25) is 4.79 Å². The number of carbonyl (C=O) groups is 1. The second-order valence-electron chi connectivity index (χ2n) is 5.44. The molecule has 1 N–H and O–H groups in total. The lowest BCUT2D eigenvalue weighted by Gasteiger charge is -2.32. The largest absolute Gasteiger partial charge is 0.465 e. The first-order valence-electron chi connectivity index (χ1n) is 7.32. The zero-order valence-electron chi connectivity index (χ0n) is 12.8. The van der Waals surface area contributed by atoms with Gasteiger partial charge in [-0.2, -0.15) is 4.72 Å². The Morgan fingerprint density at radius 3 is 2.50 bits per heavy atom. The van der Waals surface area contributed by atoms with E-state index in [-0.39, 0.29) is 11.5 Å². The van der Waals surface area contributed by atoms with E-state index in [2.05, 4.69) is 4.72 Å². The average molecular weight is 323 g/mol. The number of benzene rings is 1. The monoisotopic (exact) mass is 323 g/mol. The van der Waals surface area contributed by atoms with Gasteiger partial charge < -0.3 is 4.74 Å². The van der Waals surface area contributed by atoms with E-state index in [0.29, 0.717) is 19.3 Å². The molecule has 5 nitrogen and oxygen atoms in total. The van der Waals surface area contributed by atoms with Gasteiger partial charge in [0.1, 0.15) is 5.54 Å². The summed E-state index contributed by atoms with van der Waals surface area (Å²) in [7, 11) is -3.78. The van der Waals surface area contributed by atoms with Gasteiger partial charge in [-0.25, -0.2) is 8.42 Å². The maximum Gasteiger partial charge on any atom is 0.327 e. The van der Waals surface area contributed by atoms with E-state index in [1.807, 2.05) is 19.1 Å². The van der Waals surface area contributed by atoms with Crippen molar-refractivity contribution in [2.24, 2.45) is 0 Å². The molecule has 0 spiro atoms. The first kappa shape index (κ1) is 16.7. The standard InChI is InChI=1S/C16H21NO4S/c1-3-21-15(18)16(11-5-4-6-12-16)17-22(19,20)14-9-7-13(2)8-10-14/h4-5,7-10,17H,3,6,11-12H2,1-2H3/t16-/m0/s1. The Morgan fingerprint density at radius 2 is 1.95 bits per heavy atom. The molecule has 0 aromatic heterocycles. The van der Waals surface area contributed by atoms with Crippen LogP contribution in [0.5, 0.6) is 0 Å². The Morgan fingerprint density at radius 1 is 1.27 bits per heavy atom. The zero-order chi connectivity index (χ0) is 16.2. The summed E-state index contributed by atoms with van der Waals surface area (Å²) in [6.07, 6.45) is 5.09. The first-order valence-corrected chi connectivity index (χ1v) is 8.81. The molecule has 1 aromatic carbocycles. The lowest BCUT2D eigenvalue weighted by atomic mass is 9.87. The fraction of sp³-hybridized carbons (Fsp3) is 0.438. The van der Waals surface area contributed by atoms with Crippen molar-refractivity contribution in [3.8, 4) is 0 Å². The van der Waals surface area contributed by atoms with Gasteiger partial charge in [-0.15, -0.1) is 0 Å². The highest BCUT2D eigenvalue weighted by molar-refractivity contribution is 7.89. The summed E-state index contributed by atoms with van der Waals surface area (Å²) in [6, 6.07) is 6.53. The number of rotatable bonds is 5. The van der Waals surface area contributed by atoms with Gasteiger partial charge in [-0.1, -0.05) is 29.8 Å². The normalized spacial score (nSPS) is 21.5. The van der Waals surface area contributed by atoms with E-state index in [0.717, 1.165) is 5.56 Å². The summed E-state index contributed by atoms with van der Waals surface area (Å²) in [6.45, 7) is 3.81. The molecule has 0 amide bonds. The second-order valence-corrected chi connectivity index (χ2v) is 7.12. The minimum atomic E-state index is -3.78. The summed E-state index contributed by atoms with van der Waals surface area (Å²) < 4.78 is 32.8. The fourth-order valence-corrected chi connectivity index (χ4v) is 3.85. The summed E-state index contributed by atoms with van der Waals surface area (Å²) in [5.74, 6) is -0.518. The third-order valence-corrected chi connectivity index (χ3v) is 5.25. The van der Waals surface area contributed by atoms with Crippen molar-refractivity contribution in [2.75, 3.05) is 6.61 Å². The van der Waals surface area contributed by atoms with Crippen molar-refractivity contribution >= 4 is 16.0 Å². The molecule has 0 heterocycles. The average Bonchev–Trinajstić information content (AvgIpc) is 2.48. The molecule has 0 radical (unpaired) electrons. The molecular formula is C16H21NO4S. The molecule has 0 unspecified atom stereocenters. The molecule has 120 valence electrons. The Labute approximate surface area is 131 Å². The van der Waals surface area contributed by atoms with Crippen molar-refractivity contribution in [1.82, 2.24) is 4.72 Å². The lowest BCUT2D eigenvalue weighted by molar-refractivity contribution is -0.150. The second kappa shape index (κ2) is 6.62. The van der Waals surface area contributed by atoms with E-state index in [1.165, 1.54) is 12.1 Å². The predicted octanol–water partition coefficient (Wildman–Crippen LogP) is 2.32. The third kappa shape index (κ3) is 3.56. The van der Waals surface area contributed by atoms with Crippen LogP contribution in [0.25, 0.3) is 0 Å². The van der Waals surface area contributed by atoms with Gasteiger partial charge in [0.15, 0.2) is 0 Å². The molecule has 0 saturated carbocycles. The van der Waals surface area contributed by atoms with Crippen LogP contribution in [0.4, 0.5) is 0 Å². The van der Waals surface area contributed by atoms with Crippen molar-refractivity contribution in [3.05, 3.63) is 42.0 Å². The number of hydrogen-bond acceptors (Lipinski definition) is 4. The molecular weight excluding hydrogens is 302 g/mol. The van der Waals surface area contributed by atoms with E-state index in [4.69, 9.17) is 4.74 Å². The third-order valence-electron chi connectivity index (χ3n) is 3.70. The number of hydrogen-bond donors (Lipinski definition) is 1. The molecule has 0 aliphatic heterocycles. The van der Waals surface area contributed by atoms with Crippen molar-refractivity contribution in [1.29, 1.82) is 0 Å². The number of ether oxygens (including phenoxy) is 1. The summed E-state index contributed by atoms with van der Waals surface area (Å²) >= 11 is 0. The van der Waals surface area contributed by atoms with E-state index >= 15 is 0 Å². The molecule has 1 aliphatic rings. The maximum atomic E-state index is 12.6. The van der Waals surface area contributed by atoms with Crippen LogP contribution in [-0.2, 0) is 19.6 Å². The molecule has 1 aliphatic carbocycles. The zero-order valence-corrected chi connectivity index (χ0v) is 13.7. The van der Waals surface area contributed by atoms with E-state index < -0.39 is 21.5 Å². The number of allylic oxidation sites excluding steroid dienone is 1. The van der Waals surface area contributed by atoms with Crippen molar-refractivity contribution in [3.63, 3.8) is 0 Å². The van der Waals surface area contributed by atoms with Crippen LogP contribution in [0.1, 0.15) is 31.7 Å². The number of carbonyl (C=O) groups excluding carboxylic acids is 1. The Hall–Kier alpha value is -1.66. The number of nitrogens with one attached hydrogen (secondary N) is 1. The quantitative estimate of drug-likeness (QED) is 0.667. The Kier molecular flexibility index (Phi) is 5.03. The highest BCUT2D eigenvalue weighted by Crippen LogP contribution is 2.27. The first-order chi connectivity index (χ1) is 10.4. The van der Waals surface area contributed by atoms with Gasteiger partial charge in [0.05, 0.1) is 11.5 Å². The Bertz CT molecular complexity index is 664. The van der Waals surface area contributed by atoms with Crippen molar-refractivity contribution < 1.29 is 17.9 Å². The van der Waals surface area contributed by atoms with Crippen LogP contribution in [-0.4, -0.2) is 26.5 Å². The van der Waals surface area contributed by atoms with Crippen molar-refractivity contribution in [2.45, 2.75) is 43.5 Å². The van der Waals surface area contributed by atoms with Crippen LogP contribution in [0.15, 0.2) is 41.3 Å². The topological polar surface area (TPSA) is 72.5 Å². The number of aryl methyl sites for hydroxylation is 1. The minimum Gasteiger partial charge on any atom is -0.465 e. The van der Waals surface area contributed by atoms with E-state index in [9.17, 15) is 13.2 Å². The summed E-state index contributed by atoms with van der Waals surface area (Å²) in [5.41, 5.74) is -0.242. The van der Waals surface area contributed by atoms with E-state index in [1.54, 1.807) is 19.1 Å². The number of esters is 1. The van der Waals surface area contributed by atoms with Gasteiger partial charge in [0.25, 0.3) is 0 Å². The van der Waals surface area contributed by atoms with Crippen LogP contribution in [0.2, 0.25) is 0 Å².